The minimum atomic E-state index is -0.553. The highest BCUT2D eigenvalue weighted by Crippen LogP contribution is 2.20. The van der Waals surface area contributed by atoms with E-state index in [2.05, 4.69) is 27.0 Å². The summed E-state index contributed by atoms with van der Waals surface area (Å²) in [6, 6.07) is 7.69. The SMILES string of the molecule is CCN1CCN(c2ccc(NC(=O)Cn3c(Cl)nc4c3c(=O)n(C)c(=O)n4C)cc2)CC1. The van der Waals surface area contributed by atoms with Crippen molar-refractivity contribution in [1.82, 2.24) is 23.6 Å². The van der Waals surface area contributed by atoms with Gasteiger partial charge in [0.05, 0.1) is 0 Å². The van der Waals surface area contributed by atoms with E-state index < -0.39 is 11.2 Å². The average molecular weight is 460 g/mol. The molecule has 0 radical (unpaired) electrons. The number of piperazine rings is 1. The number of aromatic nitrogens is 4. The Kier molecular flexibility index (Phi) is 6.07. The molecule has 0 unspecified atom stereocenters. The average Bonchev–Trinajstić information content (AvgIpc) is 3.12. The minimum absolute atomic E-state index is 0.0324. The number of nitrogens with one attached hydrogen (secondary N) is 1. The maximum absolute atomic E-state index is 12.7. The second kappa shape index (κ2) is 8.79. The zero-order valence-corrected chi connectivity index (χ0v) is 19.1. The first kappa shape index (κ1) is 22.1. The molecule has 1 aromatic carbocycles. The molecule has 3 aromatic rings. The molecular weight excluding hydrogens is 434 g/mol. The van der Waals surface area contributed by atoms with Gasteiger partial charge in [-0.2, -0.15) is 4.98 Å². The van der Waals surface area contributed by atoms with Crippen LogP contribution in [0.2, 0.25) is 5.28 Å². The van der Waals surface area contributed by atoms with Gasteiger partial charge >= 0.3 is 5.69 Å². The van der Waals surface area contributed by atoms with Crippen molar-refractivity contribution in [2.24, 2.45) is 14.1 Å². The van der Waals surface area contributed by atoms with E-state index in [1.54, 1.807) is 0 Å². The van der Waals surface area contributed by atoms with Crippen LogP contribution in [0.4, 0.5) is 11.4 Å². The number of halogens is 1. The fraction of sp³-hybridized carbons (Fsp3) is 0.429. The number of aryl methyl sites for hydroxylation is 1. The molecule has 0 atom stereocenters. The van der Waals surface area contributed by atoms with Crippen LogP contribution >= 0.6 is 11.6 Å². The molecule has 1 amide bonds. The van der Waals surface area contributed by atoms with Crippen molar-refractivity contribution in [3.05, 3.63) is 50.4 Å². The summed E-state index contributed by atoms with van der Waals surface area (Å²) in [7, 11) is 2.88. The van der Waals surface area contributed by atoms with Gasteiger partial charge in [0.25, 0.3) is 5.56 Å². The molecule has 2 aromatic heterocycles. The zero-order valence-electron chi connectivity index (χ0n) is 18.3. The van der Waals surface area contributed by atoms with Crippen LogP contribution in [0.3, 0.4) is 0 Å². The maximum Gasteiger partial charge on any atom is 0.332 e. The van der Waals surface area contributed by atoms with Crippen LogP contribution in [0.5, 0.6) is 0 Å². The van der Waals surface area contributed by atoms with Gasteiger partial charge in [-0.15, -0.1) is 0 Å². The molecule has 1 fully saturated rings. The van der Waals surface area contributed by atoms with Crippen LogP contribution in [0.1, 0.15) is 6.92 Å². The van der Waals surface area contributed by atoms with E-state index >= 15 is 0 Å². The fourth-order valence-electron chi connectivity index (χ4n) is 3.99. The van der Waals surface area contributed by atoms with Crippen molar-refractivity contribution in [2.75, 3.05) is 42.9 Å². The molecule has 1 N–H and O–H groups in total. The van der Waals surface area contributed by atoms with Crippen molar-refractivity contribution in [2.45, 2.75) is 13.5 Å². The lowest BCUT2D eigenvalue weighted by Crippen LogP contribution is -2.46. The maximum atomic E-state index is 12.7. The highest BCUT2D eigenvalue weighted by molar-refractivity contribution is 6.29. The molecule has 1 saturated heterocycles. The smallest absolute Gasteiger partial charge is 0.332 e. The first-order valence-electron chi connectivity index (χ1n) is 10.5. The normalized spacial score (nSPS) is 14.8. The Balaban J connectivity index is 1.49. The first-order valence-corrected chi connectivity index (χ1v) is 10.9. The van der Waals surface area contributed by atoms with Gasteiger partial charge in [-0.05, 0) is 42.4 Å². The van der Waals surface area contributed by atoms with Gasteiger partial charge in [0.2, 0.25) is 11.2 Å². The lowest BCUT2D eigenvalue weighted by atomic mass is 10.2. The van der Waals surface area contributed by atoms with E-state index in [1.165, 1.54) is 23.2 Å². The number of anilines is 2. The lowest BCUT2D eigenvalue weighted by Gasteiger charge is -2.35. The molecule has 10 nitrogen and oxygen atoms in total. The van der Waals surface area contributed by atoms with E-state index in [0.717, 1.165) is 43.0 Å². The van der Waals surface area contributed by atoms with Crippen LogP contribution in [0, 0.1) is 0 Å². The zero-order chi connectivity index (χ0) is 23.0. The van der Waals surface area contributed by atoms with E-state index in [1.807, 2.05) is 24.3 Å². The van der Waals surface area contributed by atoms with Gasteiger partial charge in [0.15, 0.2) is 11.2 Å². The molecule has 0 saturated carbocycles. The molecule has 0 aliphatic carbocycles. The van der Waals surface area contributed by atoms with Gasteiger partial charge in [0.1, 0.15) is 6.54 Å². The number of carbonyl (C=O) groups is 1. The second-order valence-electron chi connectivity index (χ2n) is 7.86. The number of rotatable bonds is 5. The monoisotopic (exact) mass is 459 g/mol. The van der Waals surface area contributed by atoms with Gasteiger partial charge in [-0.1, -0.05) is 6.92 Å². The Hall–Kier alpha value is -3.11. The van der Waals surface area contributed by atoms with E-state index in [9.17, 15) is 14.4 Å². The molecule has 1 aliphatic rings. The summed E-state index contributed by atoms with van der Waals surface area (Å²) in [5.41, 5.74) is 0.950. The van der Waals surface area contributed by atoms with Crippen molar-refractivity contribution < 1.29 is 4.79 Å². The number of benzene rings is 1. The van der Waals surface area contributed by atoms with Crippen LogP contribution in [-0.2, 0) is 25.4 Å². The van der Waals surface area contributed by atoms with Crippen molar-refractivity contribution >= 4 is 40.0 Å². The van der Waals surface area contributed by atoms with Gasteiger partial charge in [-0.25, -0.2) is 4.79 Å². The molecule has 3 heterocycles. The summed E-state index contributed by atoms with van der Waals surface area (Å²) in [6.07, 6.45) is 0. The molecule has 0 spiro atoms. The topological polar surface area (TPSA) is 97.4 Å². The van der Waals surface area contributed by atoms with Crippen LogP contribution < -0.4 is 21.5 Å². The summed E-state index contributed by atoms with van der Waals surface area (Å²) in [4.78, 5) is 46.2. The first-order chi connectivity index (χ1) is 15.3. The highest BCUT2D eigenvalue weighted by Gasteiger charge is 2.20. The Morgan fingerprint density at radius 2 is 1.72 bits per heavy atom. The van der Waals surface area contributed by atoms with Crippen molar-refractivity contribution in [3.63, 3.8) is 0 Å². The number of hydrogen-bond donors (Lipinski definition) is 1. The third-order valence-electron chi connectivity index (χ3n) is 5.94. The summed E-state index contributed by atoms with van der Waals surface area (Å²) in [5, 5.41) is 2.80. The van der Waals surface area contributed by atoms with Crippen molar-refractivity contribution in [3.8, 4) is 0 Å². The largest absolute Gasteiger partial charge is 0.369 e. The van der Waals surface area contributed by atoms with Crippen molar-refractivity contribution in [1.29, 1.82) is 0 Å². The number of likely N-dealkylation sites (N-methyl/N-ethyl adjacent to an activating group) is 1. The van der Waals surface area contributed by atoms with Gasteiger partial charge in [0, 0.05) is 51.6 Å². The van der Waals surface area contributed by atoms with E-state index in [0.29, 0.717) is 5.69 Å². The number of carbonyl (C=O) groups excluding carboxylic acids is 1. The predicted molar refractivity (Wildman–Crippen MR) is 125 cm³/mol. The van der Waals surface area contributed by atoms with Crippen LogP contribution in [0.15, 0.2) is 33.9 Å². The number of imidazole rings is 1. The Morgan fingerprint density at radius 1 is 1.06 bits per heavy atom. The van der Waals surface area contributed by atoms with E-state index in [4.69, 9.17) is 11.6 Å². The van der Waals surface area contributed by atoms with Crippen LogP contribution in [-0.4, -0.2) is 62.2 Å². The Labute approximate surface area is 189 Å². The number of fused-ring (bicyclic) bond motifs is 1. The third-order valence-corrected chi connectivity index (χ3v) is 6.23. The Morgan fingerprint density at radius 3 is 2.34 bits per heavy atom. The highest BCUT2D eigenvalue weighted by atomic mass is 35.5. The standard InChI is InChI=1S/C21H26ClN7O3/c1-4-27-9-11-28(12-10-27)15-7-5-14(6-8-15)23-16(30)13-29-17-18(24-20(29)22)25(2)21(32)26(3)19(17)31/h5-8H,4,9-13H2,1-3H3,(H,23,30). The number of hydrogen-bond acceptors (Lipinski definition) is 6. The Bertz CT molecular complexity index is 1270. The molecule has 4 rings (SSSR count). The number of amides is 1. The molecular formula is C21H26ClN7O3. The summed E-state index contributed by atoms with van der Waals surface area (Å²) >= 11 is 6.19. The fourth-order valence-corrected chi connectivity index (χ4v) is 4.21. The van der Waals surface area contributed by atoms with Crippen LogP contribution in [0.25, 0.3) is 11.2 Å². The summed E-state index contributed by atoms with van der Waals surface area (Å²) in [5.74, 6) is -0.355. The quantitative estimate of drug-likeness (QED) is 0.568. The number of nitrogens with zero attached hydrogens (tertiary/aromatic N) is 6. The third kappa shape index (κ3) is 4.03. The minimum Gasteiger partial charge on any atom is -0.369 e. The van der Waals surface area contributed by atoms with Gasteiger partial charge < -0.3 is 15.1 Å². The summed E-state index contributed by atoms with van der Waals surface area (Å²) < 4.78 is 3.51. The van der Waals surface area contributed by atoms with E-state index in [-0.39, 0.29) is 28.9 Å². The molecule has 11 heteroatoms. The molecule has 32 heavy (non-hydrogen) atoms. The molecule has 1 aliphatic heterocycles. The molecule has 0 bridgehead atoms. The predicted octanol–water partition coefficient (Wildman–Crippen LogP) is 0.868. The second-order valence-corrected chi connectivity index (χ2v) is 8.20. The summed E-state index contributed by atoms with van der Waals surface area (Å²) in [6.45, 7) is 7.07. The lowest BCUT2D eigenvalue weighted by molar-refractivity contribution is -0.116. The molecule has 170 valence electrons. The van der Waals surface area contributed by atoms with Gasteiger partial charge in [-0.3, -0.25) is 23.3 Å².